The second kappa shape index (κ2) is 13.0. The Morgan fingerprint density at radius 1 is 1.03 bits per heavy atom. The Kier molecular flexibility index (Phi) is 11.0. The molecule has 3 fully saturated rings. The molecule has 0 aromatic carbocycles. The van der Waals surface area contributed by atoms with Gasteiger partial charge in [-0.3, -0.25) is 9.79 Å². The predicted molar refractivity (Wildman–Crippen MR) is 131 cm³/mol. The van der Waals surface area contributed by atoms with Gasteiger partial charge in [-0.05, 0) is 71.5 Å². The van der Waals surface area contributed by atoms with E-state index in [0.29, 0.717) is 11.9 Å². The van der Waals surface area contributed by atoms with Gasteiger partial charge in [-0.1, -0.05) is 19.3 Å². The number of nitrogens with one attached hydrogen (secondary N) is 2. The number of guanidine groups is 1. The Labute approximate surface area is 194 Å². The highest BCUT2D eigenvalue weighted by atomic mass is 127. The van der Waals surface area contributed by atoms with Crippen LogP contribution in [-0.4, -0.2) is 74.0 Å². The van der Waals surface area contributed by atoms with Crippen LogP contribution >= 0.6 is 24.0 Å². The molecule has 0 spiro atoms. The molecule has 3 rings (SSSR count). The molecule has 0 radical (unpaired) electrons. The van der Waals surface area contributed by atoms with Gasteiger partial charge in [0.1, 0.15) is 0 Å². The summed E-state index contributed by atoms with van der Waals surface area (Å²) in [5, 5.41) is 6.98. The first-order valence-electron chi connectivity index (χ1n) is 11.7. The van der Waals surface area contributed by atoms with Crippen molar-refractivity contribution < 1.29 is 4.79 Å². The van der Waals surface area contributed by atoms with Crippen molar-refractivity contribution in [3.8, 4) is 0 Å². The molecular weight excluding hydrogens is 477 g/mol. The van der Waals surface area contributed by atoms with Gasteiger partial charge >= 0.3 is 0 Å². The average Bonchev–Trinajstić information content (AvgIpc) is 3.18. The molecule has 0 aromatic heterocycles. The fraction of sp³-hybridized carbons (Fsp3) is 0.909. The fourth-order valence-electron chi connectivity index (χ4n) is 4.91. The summed E-state index contributed by atoms with van der Waals surface area (Å²) in [6, 6.07) is 0.327. The molecule has 29 heavy (non-hydrogen) atoms. The zero-order valence-corrected chi connectivity index (χ0v) is 20.8. The third kappa shape index (κ3) is 7.89. The topological polar surface area (TPSA) is 60.0 Å². The smallest absolute Gasteiger partial charge is 0.225 e. The highest BCUT2D eigenvalue weighted by molar-refractivity contribution is 14.0. The summed E-state index contributed by atoms with van der Waals surface area (Å²) < 4.78 is 0. The second-order valence-electron chi connectivity index (χ2n) is 9.05. The quantitative estimate of drug-likeness (QED) is 0.322. The van der Waals surface area contributed by atoms with E-state index in [0.717, 1.165) is 57.3 Å². The first-order valence-corrected chi connectivity index (χ1v) is 11.7. The van der Waals surface area contributed by atoms with E-state index in [1.165, 1.54) is 51.6 Å². The Morgan fingerprint density at radius 2 is 1.76 bits per heavy atom. The molecule has 2 N–H and O–H groups in total. The van der Waals surface area contributed by atoms with Gasteiger partial charge < -0.3 is 20.4 Å². The number of hydrogen-bond acceptors (Lipinski definition) is 3. The fourth-order valence-corrected chi connectivity index (χ4v) is 4.91. The largest absolute Gasteiger partial charge is 0.357 e. The van der Waals surface area contributed by atoms with E-state index in [2.05, 4.69) is 34.4 Å². The minimum Gasteiger partial charge on any atom is -0.357 e. The van der Waals surface area contributed by atoms with Crippen molar-refractivity contribution in [2.45, 2.75) is 70.8 Å². The van der Waals surface area contributed by atoms with Crippen molar-refractivity contribution >= 4 is 35.8 Å². The van der Waals surface area contributed by atoms with Crippen molar-refractivity contribution in [2.24, 2.45) is 16.8 Å². The van der Waals surface area contributed by atoms with Gasteiger partial charge in [-0.15, -0.1) is 24.0 Å². The van der Waals surface area contributed by atoms with Gasteiger partial charge in [0.25, 0.3) is 0 Å². The molecule has 1 saturated carbocycles. The highest BCUT2D eigenvalue weighted by Gasteiger charge is 2.31. The van der Waals surface area contributed by atoms with Crippen LogP contribution in [0.4, 0.5) is 0 Å². The van der Waals surface area contributed by atoms with Crippen LogP contribution in [-0.2, 0) is 4.79 Å². The summed E-state index contributed by atoms with van der Waals surface area (Å²) in [7, 11) is 2.21. The molecule has 1 amide bonds. The number of piperidine rings is 1. The molecule has 2 heterocycles. The lowest BCUT2D eigenvalue weighted by Crippen LogP contribution is -2.45. The Balaban J connectivity index is 0.00000300. The number of carbonyl (C=O) groups excluding carboxylic acids is 1. The van der Waals surface area contributed by atoms with E-state index in [4.69, 9.17) is 4.99 Å². The summed E-state index contributed by atoms with van der Waals surface area (Å²) in [6.45, 7) is 8.04. The number of likely N-dealkylation sites (tertiary alicyclic amines) is 2. The highest BCUT2D eigenvalue weighted by Crippen LogP contribution is 2.26. The van der Waals surface area contributed by atoms with Crippen molar-refractivity contribution in [2.75, 3.05) is 46.3 Å². The summed E-state index contributed by atoms with van der Waals surface area (Å²) in [6.07, 6.45) is 10.7. The van der Waals surface area contributed by atoms with E-state index >= 15 is 0 Å². The monoisotopic (exact) mass is 519 g/mol. The molecule has 6 nitrogen and oxygen atoms in total. The molecule has 2 aliphatic heterocycles. The van der Waals surface area contributed by atoms with Crippen LogP contribution in [0.5, 0.6) is 0 Å². The van der Waals surface area contributed by atoms with E-state index < -0.39 is 0 Å². The van der Waals surface area contributed by atoms with Gasteiger partial charge in [0, 0.05) is 38.1 Å². The number of hydrogen-bond donors (Lipinski definition) is 2. The van der Waals surface area contributed by atoms with Crippen LogP contribution in [0.2, 0.25) is 0 Å². The molecule has 3 aliphatic rings. The van der Waals surface area contributed by atoms with Gasteiger partial charge in [-0.25, -0.2) is 0 Å². The minimum atomic E-state index is 0. The normalized spacial score (nSPS) is 25.0. The predicted octanol–water partition coefficient (Wildman–Crippen LogP) is 3.07. The zero-order valence-electron chi connectivity index (χ0n) is 18.5. The van der Waals surface area contributed by atoms with E-state index in [9.17, 15) is 4.79 Å². The van der Waals surface area contributed by atoms with Crippen molar-refractivity contribution in [3.63, 3.8) is 0 Å². The maximum atomic E-state index is 12.8. The van der Waals surface area contributed by atoms with Crippen LogP contribution in [0, 0.1) is 11.8 Å². The van der Waals surface area contributed by atoms with Gasteiger partial charge in [0.2, 0.25) is 5.91 Å². The van der Waals surface area contributed by atoms with Crippen LogP contribution in [0.1, 0.15) is 64.7 Å². The Bertz CT molecular complexity index is 515. The molecule has 0 bridgehead atoms. The Morgan fingerprint density at radius 3 is 2.45 bits per heavy atom. The van der Waals surface area contributed by atoms with Crippen molar-refractivity contribution in [1.82, 2.24) is 20.4 Å². The summed E-state index contributed by atoms with van der Waals surface area (Å²) in [5.74, 6) is 2.42. The third-order valence-corrected chi connectivity index (χ3v) is 6.78. The maximum absolute atomic E-state index is 12.8. The SMILES string of the molecule is CCNC(=NCCC1CCN(C)CC1)NC1CCN(C(=O)C2CCCCC2)C1.I. The molecule has 7 heteroatoms. The second-order valence-corrected chi connectivity index (χ2v) is 9.05. The molecule has 168 valence electrons. The number of amides is 1. The van der Waals surface area contributed by atoms with Crippen LogP contribution in [0.25, 0.3) is 0 Å². The van der Waals surface area contributed by atoms with Gasteiger partial charge in [0.15, 0.2) is 5.96 Å². The average molecular weight is 520 g/mol. The van der Waals surface area contributed by atoms with Gasteiger partial charge in [0.05, 0.1) is 0 Å². The molecular formula is C22H42IN5O. The van der Waals surface area contributed by atoms with E-state index in [-0.39, 0.29) is 29.9 Å². The Hall–Kier alpha value is -0.570. The minimum absolute atomic E-state index is 0. The van der Waals surface area contributed by atoms with E-state index in [1.54, 1.807) is 0 Å². The van der Waals surface area contributed by atoms with E-state index in [1.807, 2.05) is 0 Å². The molecule has 1 atom stereocenters. The lowest BCUT2D eigenvalue weighted by atomic mass is 9.88. The lowest BCUT2D eigenvalue weighted by molar-refractivity contribution is -0.135. The third-order valence-electron chi connectivity index (χ3n) is 6.78. The van der Waals surface area contributed by atoms with Crippen LogP contribution in [0.15, 0.2) is 4.99 Å². The standard InChI is InChI=1S/C22H41N5O.HI/c1-3-23-22(24-13-9-18-10-14-26(2)15-11-18)25-20-12-16-27(17-20)21(28)19-7-5-4-6-8-19;/h18-20H,3-17H2,1-2H3,(H2,23,24,25);1H. The molecule has 0 aromatic rings. The number of nitrogens with zero attached hydrogens (tertiary/aromatic N) is 3. The summed E-state index contributed by atoms with van der Waals surface area (Å²) >= 11 is 0. The van der Waals surface area contributed by atoms with Crippen LogP contribution < -0.4 is 10.6 Å². The molecule has 1 unspecified atom stereocenters. The first-order chi connectivity index (χ1) is 13.7. The number of rotatable bonds is 6. The maximum Gasteiger partial charge on any atom is 0.225 e. The van der Waals surface area contributed by atoms with Gasteiger partial charge in [-0.2, -0.15) is 0 Å². The number of carbonyl (C=O) groups is 1. The zero-order chi connectivity index (χ0) is 19.8. The molecule has 2 saturated heterocycles. The number of halogens is 1. The van der Waals surface area contributed by atoms with Crippen LogP contribution in [0.3, 0.4) is 0 Å². The summed E-state index contributed by atoms with van der Waals surface area (Å²) in [4.78, 5) is 22.1. The van der Waals surface area contributed by atoms with Crippen molar-refractivity contribution in [3.05, 3.63) is 0 Å². The van der Waals surface area contributed by atoms with Crippen molar-refractivity contribution in [1.29, 1.82) is 0 Å². The first kappa shape index (κ1) is 24.7. The molecule has 1 aliphatic carbocycles. The number of aliphatic imine (C=N–C) groups is 1. The lowest BCUT2D eigenvalue weighted by Gasteiger charge is -2.28. The summed E-state index contributed by atoms with van der Waals surface area (Å²) in [5.41, 5.74) is 0.